The Balaban J connectivity index is 2.81. The Morgan fingerprint density at radius 2 is 2.41 bits per heavy atom. The summed E-state index contributed by atoms with van der Waals surface area (Å²) in [4.78, 5) is 10.4. The Kier molecular flexibility index (Phi) is 4.96. The van der Waals surface area contributed by atoms with Gasteiger partial charge in [-0.2, -0.15) is 10.2 Å². The fourth-order valence-electron chi connectivity index (χ4n) is 1.33. The maximum absolute atomic E-state index is 10.4. The first-order chi connectivity index (χ1) is 8.06. The predicted octanol–water partition coefficient (Wildman–Crippen LogP) is 1.65. The van der Waals surface area contributed by atoms with Crippen LogP contribution in [0.5, 0.6) is 0 Å². The second-order valence-electron chi connectivity index (χ2n) is 3.60. The molecule has 7 heteroatoms. The monoisotopic (exact) mass is 257 g/mol. The number of carbonyl (C=O) groups is 1. The van der Waals surface area contributed by atoms with Gasteiger partial charge in [0.15, 0.2) is 0 Å². The minimum Gasteiger partial charge on any atom is -0.350 e. The highest BCUT2D eigenvalue weighted by Crippen LogP contribution is 2.18. The maximum atomic E-state index is 10.4. The number of nitrogens with two attached hydrogens (primary N) is 1. The molecular weight excluding hydrogens is 242 g/mol. The number of nitrogens with one attached hydrogen (secondary N) is 1. The number of urea groups is 1. The Bertz CT molecular complexity index is 427. The van der Waals surface area contributed by atoms with Crippen molar-refractivity contribution in [1.82, 2.24) is 15.2 Å². The van der Waals surface area contributed by atoms with Gasteiger partial charge in [0.1, 0.15) is 5.15 Å². The van der Waals surface area contributed by atoms with Gasteiger partial charge in [-0.1, -0.05) is 24.9 Å². The van der Waals surface area contributed by atoms with Crippen LogP contribution in [0, 0.1) is 6.92 Å². The normalized spacial score (nSPS) is 11.0. The molecule has 0 aliphatic rings. The van der Waals surface area contributed by atoms with Gasteiger partial charge in [0, 0.05) is 6.54 Å². The number of halogens is 1. The average molecular weight is 258 g/mol. The van der Waals surface area contributed by atoms with E-state index in [2.05, 4.69) is 22.5 Å². The molecule has 6 nitrogen and oxygen atoms in total. The van der Waals surface area contributed by atoms with Crippen LogP contribution in [0.15, 0.2) is 5.10 Å². The third-order valence-electron chi connectivity index (χ3n) is 2.20. The summed E-state index contributed by atoms with van der Waals surface area (Å²) in [5.74, 6) is 0. The zero-order chi connectivity index (χ0) is 12.8. The predicted molar refractivity (Wildman–Crippen MR) is 67.2 cm³/mol. The van der Waals surface area contributed by atoms with Gasteiger partial charge in [-0.05, 0) is 13.3 Å². The molecule has 0 fully saturated rings. The lowest BCUT2D eigenvalue weighted by molar-refractivity contribution is 0.249. The van der Waals surface area contributed by atoms with Crippen LogP contribution in [0.2, 0.25) is 5.15 Å². The number of unbranched alkanes of at least 4 members (excludes halogenated alkanes) is 1. The molecule has 2 amide bonds. The van der Waals surface area contributed by atoms with Crippen molar-refractivity contribution in [2.24, 2.45) is 10.8 Å². The minimum absolute atomic E-state index is 0.519. The maximum Gasteiger partial charge on any atom is 0.332 e. The molecule has 0 unspecified atom stereocenters. The number of aryl methyl sites for hydroxylation is 2. The van der Waals surface area contributed by atoms with Crippen LogP contribution in [0.4, 0.5) is 4.79 Å². The second kappa shape index (κ2) is 6.24. The van der Waals surface area contributed by atoms with Crippen molar-refractivity contribution in [1.29, 1.82) is 0 Å². The summed E-state index contributed by atoms with van der Waals surface area (Å²) in [6.45, 7) is 4.70. The summed E-state index contributed by atoms with van der Waals surface area (Å²) >= 11 is 6.15. The van der Waals surface area contributed by atoms with Crippen LogP contribution >= 0.6 is 11.6 Å². The first-order valence-corrected chi connectivity index (χ1v) is 5.75. The summed E-state index contributed by atoms with van der Waals surface area (Å²) in [6.07, 6.45) is 3.52. The number of nitrogens with zero attached hydrogens (tertiary/aromatic N) is 3. The molecule has 0 saturated carbocycles. The fraction of sp³-hybridized carbons (Fsp3) is 0.500. The SMILES string of the molecule is CCCCn1nc(C)c(/C=N/NC(N)=O)c1Cl. The summed E-state index contributed by atoms with van der Waals surface area (Å²) in [7, 11) is 0. The van der Waals surface area contributed by atoms with Crippen LogP contribution in [-0.4, -0.2) is 22.0 Å². The number of carbonyl (C=O) groups excluding carboxylic acids is 1. The molecule has 94 valence electrons. The molecule has 1 aromatic rings. The summed E-state index contributed by atoms with van der Waals surface area (Å²) in [5.41, 5.74) is 8.46. The zero-order valence-electron chi connectivity index (χ0n) is 9.90. The van der Waals surface area contributed by atoms with E-state index in [1.54, 1.807) is 4.68 Å². The first kappa shape index (κ1) is 13.5. The molecular formula is C10H16ClN5O. The van der Waals surface area contributed by atoms with Gasteiger partial charge in [-0.15, -0.1) is 0 Å². The Labute approximate surface area is 105 Å². The number of hydrogen-bond donors (Lipinski definition) is 2. The molecule has 0 radical (unpaired) electrons. The molecule has 1 aromatic heterocycles. The molecule has 0 atom stereocenters. The largest absolute Gasteiger partial charge is 0.350 e. The molecule has 0 spiro atoms. The van der Waals surface area contributed by atoms with Gasteiger partial charge in [0.05, 0.1) is 17.5 Å². The van der Waals surface area contributed by atoms with E-state index in [1.165, 1.54) is 6.21 Å². The van der Waals surface area contributed by atoms with Crippen molar-refractivity contribution < 1.29 is 4.79 Å². The van der Waals surface area contributed by atoms with E-state index < -0.39 is 6.03 Å². The van der Waals surface area contributed by atoms with Crippen LogP contribution in [0.1, 0.15) is 31.0 Å². The van der Waals surface area contributed by atoms with E-state index in [4.69, 9.17) is 17.3 Å². The standard InChI is InChI=1S/C10H16ClN5O/c1-3-4-5-16-9(11)8(7(2)15-16)6-13-14-10(12)17/h6H,3-5H2,1-2H3,(H3,12,14,17)/b13-6+. The molecule has 0 aliphatic heterocycles. The third-order valence-corrected chi connectivity index (χ3v) is 2.60. The van der Waals surface area contributed by atoms with Crippen LogP contribution in [0.3, 0.4) is 0 Å². The number of primary amides is 1. The molecule has 1 rings (SSSR count). The van der Waals surface area contributed by atoms with Gasteiger partial charge in [0.2, 0.25) is 0 Å². The van der Waals surface area contributed by atoms with Crippen molar-refractivity contribution in [3.8, 4) is 0 Å². The van der Waals surface area contributed by atoms with Gasteiger partial charge in [-0.3, -0.25) is 4.68 Å². The van der Waals surface area contributed by atoms with Crippen molar-refractivity contribution in [3.63, 3.8) is 0 Å². The summed E-state index contributed by atoms with van der Waals surface area (Å²) < 4.78 is 1.73. The molecule has 0 bridgehead atoms. The van der Waals surface area contributed by atoms with Gasteiger partial charge in [-0.25, -0.2) is 10.2 Å². The highest BCUT2D eigenvalue weighted by Gasteiger charge is 2.10. The van der Waals surface area contributed by atoms with Crippen molar-refractivity contribution in [3.05, 3.63) is 16.4 Å². The van der Waals surface area contributed by atoms with Crippen molar-refractivity contribution >= 4 is 23.8 Å². The Morgan fingerprint density at radius 3 is 3.00 bits per heavy atom. The zero-order valence-corrected chi connectivity index (χ0v) is 10.7. The number of hydrogen-bond acceptors (Lipinski definition) is 3. The molecule has 0 saturated heterocycles. The fourth-order valence-corrected chi connectivity index (χ4v) is 1.64. The van der Waals surface area contributed by atoms with Crippen LogP contribution in [0.25, 0.3) is 0 Å². The molecule has 3 N–H and O–H groups in total. The first-order valence-electron chi connectivity index (χ1n) is 5.37. The highest BCUT2D eigenvalue weighted by atomic mass is 35.5. The van der Waals surface area contributed by atoms with Gasteiger partial charge >= 0.3 is 6.03 Å². The van der Waals surface area contributed by atoms with E-state index in [0.29, 0.717) is 10.7 Å². The van der Waals surface area contributed by atoms with Crippen LogP contribution < -0.4 is 11.2 Å². The quantitative estimate of drug-likeness (QED) is 0.621. The van der Waals surface area contributed by atoms with Crippen LogP contribution in [-0.2, 0) is 6.54 Å². The Morgan fingerprint density at radius 1 is 1.71 bits per heavy atom. The topological polar surface area (TPSA) is 85.3 Å². The lowest BCUT2D eigenvalue weighted by Gasteiger charge is -2.00. The number of amides is 2. The van der Waals surface area contributed by atoms with E-state index in [0.717, 1.165) is 25.1 Å². The third kappa shape index (κ3) is 3.74. The smallest absolute Gasteiger partial charge is 0.332 e. The second-order valence-corrected chi connectivity index (χ2v) is 3.96. The van der Waals surface area contributed by atoms with E-state index in [9.17, 15) is 4.79 Å². The van der Waals surface area contributed by atoms with Gasteiger partial charge < -0.3 is 5.73 Å². The highest BCUT2D eigenvalue weighted by molar-refractivity contribution is 6.32. The summed E-state index contributed by atoms with van der Waals surface area (Å²) in [5, 5.41) is 8.48. The lowest BCUT2D eigenvalue weighted by atomic mass is 10.3. The van der Waals surface area contributed by atoms with Crippen molar-refractivity contribution in [2.45, 2.75) is 33.2 Å². The number of hydrazone groups is 1. The molecule has 17 heavy (non-hydrogen) atoms. The molecule has 1 heterocycles. The molecule has 0 aromatic carbocycles. The Hall–Kier alpha value is -1.56. The van der Waals surface area contributed by atoms with Gasteiger partial charge in [0.25, 0.3) is 0 Å². The summed E-state index contributed by atoms with van der Waals surface area (Å²) in [6, 6.07) is -0.714. The number of aromatic nitrogens is 2. The number of rotatable bonds is 5. The van der Waals surface area contributed by atoms with E-state index in [1.807, 2.05) is 6.92 Å². The van der Waals surface area contributed by atoms with E-state index >= 15 is 0 Å². The van der Waals surface area contributed by atoms with Crippen molar-refractivity contribution in [2.75, 3.05) is 0 Å². The average Bonchev–Trinajstić information content (AvgIpc) is 2.53. The van der Waals surface area contributed by atoms with E-state index in [-0.39, 0.29) is 0 Å². The minimum atomic E-state index is -0.714. The molecule has 0 aliphatic carbocycles. The lowest BCUT2D eigenvalue weighted by Crippen LogP contribution is -2.24.